The number of aliphatic hydroxyl groups excluding tert-OH is 1. The molecule has 1 fully saturated rings. The fraction of sp³-hybridized carbons (Fsp3) is 0.571. The fourth-order valence-electron chi connectivity index (χ4n) is 2.24. The first-order chi connectivity index (χ1) is 8.62. The van der Waals surface area contributed by atoms with E-state index in [0.29, 0.717) is 19.5 Å². The van der Waals surface area contributed by atoms with Gasteiger partial charge in [0.1, 0.15) is 17.5 Å². The summed E-state index contributed by atoms with van der Waals surface area (Å²) >= 11 is 0. The van der Waals surface area contributed by atoms with Gasteiger partial charge < -0.3 is 14.9 Å². The van der Waals surface area contributed by atoms with Crippen molar-refractivity contribution in [2.45, 2.75) is 25.0 Å². The zero-order valence-electron chi connectivity index (χ0n) is 10.7. The maximum atomic E-state index is 10.4. The van der Waals surface area contributed by atoms with E-state index in [0.717, 1.165) is 12.3 Å². The highest BCUT2D eigenvalue weighted by atomic mass is 16.5. The minimum atomic E-state index is -0.818. The van der Waals surface area contributed by atoms with Gasteiger partial charge in [-0.15, -0.1) is 0 Å². The third kappa shape index (κ3) is 3.22. The lowest BCUT2D eigenvalue weighted by atomic mass is 9.90. The van der Waals surface area contributed by atoms with Crippen molar-refractivity contribution in [3.63, 3.8) is 0 Å². The van der Waals surface area contributed by atoms with Crippen LogP contribution in [0.15, 0.2) is 30.3 Å². The number of para-hydroxylation sites is 1. The molecule has 2 atom stereocenters. The van der Waals surface area contributed by atoms with Crippen LogP contribution in [-0.4, -0.2) is 53.1 Å². The molecule has 0 saturated carbocycles. The molecule has 1 saturated heterocycles. The van der Waals surface area contributed by atoms with Gasteiger partial charge >= 0.3 is 0 Å². The van der Waals surface area contributed by atoms with E-state index in [1.807, 2.05) is 37.3 Å². The van der Waals surface area contributed by atoms with Gasteiger partial charge in [0, 0.05) is 19.6 Å². The molecule has 0 unspecified atom stereocenters. The lowest BCUT2D eigenvalue weighted by Crippen LogP contribution is -2.56. The van der Waals surface area contributed by atoms with Crippen LogP contribution in [0.1, 0.15) is 13.3 Å². The minimum Gasteiger partial charge on any atom is -0.486 e. The van der Waals surface area contributed by atoms with Crippen LogP contribution < -0.4 is 4.74 Å². The molecule has 1 aliphatic rings. The summed E-state index contributed by atoms with van der Waals surface area (Å²) in [6.07, 6.45) is 0.394. The Morgan fingerprint density at radius 2 is 2.11 bits per heavy atom. The predicted molar refractivity (Wildman–Crippen MR) is 69.6 cm³/mol. The number of nitrogens with zero attached hydrogens (tertiary/aromatic N) is 1. The topological polar surface area (TPSA) is 52.9 Å². The number of aliphatic hydroxyl groups is 2. The third-order valence-electron chi connectivity index (χ3n) is 3.49. The fourth-order valence-corrected chi connectivity index (χ4v) is 2.24. The number of hydrogen-bond acceptors (Lipinski definition) is 4. The van der Waals surface area contributed by atoms with E-state index < -0.39 is 5.60 Å². The second-order valence-corrected chi connectivity index (χ2v) is 5.05. The van der Waals surface area contributed by atoms with Crippen LogP contribution in [0, 0.1) is 0 Å². The van der Waals surface area contributed by atoms with Crippen molar-refractivity contribution in [1.29, 1.82) is 0 Å². The first-order valence-electron chi connectivity index (χ1n) is 6.39. The van der Waals surface area contributed by atoms with E-state index in [1.165, 1.54) is 0 Å². The number of benzene rings is 1. The largest absolute Gasteiger partial charge is 0.486 e. The predicted octanol–water partition coefficient (Wildman–Crippen LogP) is 0.883. The van der Waals surface area contributed by atoms with Gasteiger partial charge in [-0.25, -0.2) is 0 Å². The van der Waals surface area contributed by atoms with Crippen molar-refractivity contribution in [1.82, 2.24) is 4.90 Å². The second-order valence-electron chi connectivity index (χ2n) is 5.05. The van der Waals surface area contributed by atoms with Gasteiger partial charge in [0.2, 0.25) is 0 Å². The van der Waals surface area contributed by atoms with Crippen molar-refractivity contribution in [2.75, 3.05) is 26.2 Å². The molecule has 1 aromatic rings. The van der Waals surface area contributed by atoms with Crippen LogP contribution >= 0.6 is 0 Å². The summed E-state index contributed by atoms with van der Waals surface area (Å²) in [6, 6.07) is 9.54. The standard InChI is InChI=1S/C14H21NO3/c1-14(17)7-8-15(9-10-16)11-13(14)18-12-5-3-2-4-6-12/h2-6,13,16-17H,7-11H2,1H3/t13-,14-/m1/s1. The molecule has 2 rings (SSSR count). The van der Waals surface area contributed by atoms with Crippen LogP contribution in [0.5, 0.6) is 5.75 Å². The maximum absolute atomic E-state index is 10.4. The number of β-amino-alcohol motifs (C(OH)–C–C–N with tert-alkyl or cyclic N) is 1. The molecule has 4 nitrogen and oxygen atoms in total. The molecule has 18 heavy (non-hydrogen) atoms. The van der Waals surface area contributed by atoms with Gasteiger partial charge in [-0.05, 0) is 25.5 Å². The number of hydrogen-bond donors (Lipinski definition) is 2. The molecule has 0 aromatic heterocycles. The molecule has 2 N–H and O–H groups in total. The van der Waals surface area contributed by atoms with Crippen LogP contribution in [0.4, 0.5) is 0 Å². The molecule has 1 aliphatic heterocycles. The van der Waals surface area contributed by atoms with Crippen LogP contribution in [0.2, 0.25) is 0 Å². The van der Waals surface area contributed by atoms with Gasteiger partial charge in [0.15, 0.2) is 0 Å². The minimum absolute atomic E-state index is 0.139. The van der Waals surface area contributed by atoms with Gasteiger partial charge in [-0.1, -0.05) is 18.2 Å². The van der Waals surface area contributed by atoms with Crippen LogP contribution in [-0.2, 0) is 0 Å². The number of likely N-dealkylation sites (tertiary alicyclic amines) is 1. The highest BCUT2D eigenvalue weighted by Gasteiger charge is 2.39. The molecule has 1 aromatic carbocycles. The second kappa shape index (κ2) is 5.69. The Bertz CT molecular complexity index is 367. The molecule has 0 bridgehead atoms. The highest BCUT2D eigenvalue weighted by molar-refractivity contribution is 5.22. The number of piperidine rings is 1. The van der Waals surface area contributed by atoms with E-state index >= 15 is 0 Å². The number of rotatable bonds is 4. The molecular weight excluding hydrogens is 230 g/mol. The Labute approximate surface area is 108 Å². The van der Waals surface area contributed by atoms with Gasteiger partial charge in [0.25, 0.3) is 0 Å². The molecule has 0 radical (unpaired) electrons. The summed E-state index contributed by atoms with van der Waals surface area (Å²) < 4.78 is 5.87. The smallest absolute Gasteiger partial charge is 0.140 e. The first-order valence-corrected chi connectivity index (χ1v) is 6.39. The van der Waals surface area contributed by atoms with Crippen molar-refractivity contribution in [3.05, 3.63) is 30.3 Å². The SMILES string of the molecule is C[C@@]1(O)CCN(CCO)C[C@H]1Oc1ccccc1. The van der Waals surface area contributed by atoms with E-state index in [2.05, 4.69) is 4.90 Å². The average molecular weight is 251 g/mol. The Kier molecular flexibility index (Phi) is 4.22. The highest BCUT2D eigenvalue weighted by Crippen LogP contribution is 2.26. The summed E-state index contributed by atoms with van der Waals surface area (Å²) in [5, 5.41) is 19.3. The molecule has 100 valence electrons. The van der Waals surface area contributed by atoms with Crippen molar-refractivity contribution in [3.8, 4) is 5.75 Å². The Morgan fingerprint density at radius 1 is 1.39 bits per heavy atom. The summed E-state index contributed by atoms with van der Waals surface area (Å²) in [4.78, 5) is 2.12. The Hall–Kier alpha value is -1.10. The van der Waals surface area contributed by atoms with E-state index in [9.17, 15) is 5.11 Å². The van der Waals surface area contributed by atoms with Gasteiger partial charge in [0.05, 0.1) is 6.61 Å². The monoisotopic (exact) mass is 251 g/mol. The van der Waals surface area contributed by atoms with Crippen molar-refractivity contribution < 1.29 is 14.9 Å². The van der Waals surface area contributed by atoms with Crippen LogP contribution in [0.3, 0.4) is 0 Å². The summed E-state index contributed by atoms with van der Waals surface area (Å²) in [5.41, 5.74) is -0.818. The molecule has 0 spiro atoms. The zero-order chi connectivity index (χ0) is 13.0. The Morgan fingerprint density at radius 3 is 2.78 bits per heavy atom. The molecule has 4 heteroatoms. The van der Waals surface area contributed by atoms with Crippen LogP contribution in [0.25, 0.3) is 0 Å². The van der Waals surface area contributed by atoms with E-state index in [-0.39, 0.29) is 12.7 Å². The number of ether oxygens (including phenoxy) is 1. The zero-order valence-corrected chi connectivity index (χ0v) is 10.7. The molecule has 0 aliphatic carbocycles. The summed E-state index contributed by atoms with van der Waals surface area (Å²) in [6.45, 7) is 4.02. The normalized spacial score (nSPS) is 29.2. The molecule has 1 heterocycles. The van der Waals surface area contributed by atoms with E-state index in [4.69, 9.17) is 9.84 Å². The lowest BCUT2D eigenvalue weighted by molar-refractivity contribution is -0.0963. The molecular formula is C14H21NO3. The van der Waals surface area contributed by atoms with E-state index in [1.54, 1.807) is 0 Å². The summed E-state index contributed by atoms with van der Waals surface area (Å²) in [7, 11) is 0. The van der Waals surface area contributed by atoms with Crippen molar-refractivity contribution in [2.24, 2.45) is 0 Å². The Balaban J connectivity index is 2.03. The molecule has 0 amide bonds. The van der Waals surface area contributed by atoms with Gasteiger partial charge in [-0.3, -0.25) is 4.90 Å². The average Bonchev–Trinajstić information content (AvgIpc) is 2.35. The van der Waals surface area contributed by atoms with Crippen molar-refractivity contribution >= 4 is 0 Å². The third-order valence-corrected chi connectivity index (χ3v) is 3.49. The summed E-state index contributed by atoms with van der Waals surface area (Å²) in [5.74, 6) is 0.772. The maximum Gasteiger partial charge on any atom is 0.140 e. The van der Waals surface area contributed by atoms with Gasteiger partial charge in [-0.2, -0.15) is 0 Å². The quantitative estimate of drug-likeness (QED) is 0.834. The first kappa shape index (κ1) is 13.3. The lowest BCUT2D eigenvalue weighted by Gasteiger charge is -2.42.